The Kier molecular flexibility index (Phi) is 5.51. The van der Waals surface area contributed by atoms with Crippen LogP contribution >= 0.6 is 0 Å². The summed E-state index contributed by atoms with van der Waals surface area (Å²) in [4.78, 5) is 11.5. The highest BCUT2D eigenvalue weighted by molar-refractivity contribution is 5.75. The van der Waals surface area contributed by atoms with E-state index in [2.05, 4.69) is 27.7 Å². The molecule has 0 amide bonds. The summed E-state index contributed by atoms with van der Waals surface area (Å²) in [7, 11) is 0. The molecule has 0 bridgehead atoms. The first-order chi connectivity index (χ1) is 7.02. The molecular weight excluding hydrogens is 200 g/mol. The van der Waals surface area contributed by atoms with Gasteiger partial charge in [-0.25, -0.2) is 0 Å². The average molecular weight is 228 g/mol. The molecule has 96 valence electrons. The minimum absolute atomic E-state index is 0.101. The Hall–Kier alpha value is -0.530. The summed E-state index contributed by atoms with van der Waals surface area (Å²) in [5.41, 5.74) is -0.0271. The lowest BCUT2D eigenvalue weighted by atomic mass is 9.84. The van der Waals surface area contributed by atoms with E-state index >= 15 is 0 Å². The fourth-order valence-electron chi connectivity index (χ4n) is 1.72. The SMILES string of the molecule is CC(CCOC(=O)C(C)(C)C)CC(C)(C)C. The van der Waals surface area contributed by atoms with Crippen LogP contribution in [0.2, 0.25) is 0 Å². The molecule has 2 heteroatoms. The van der Waals surface area contributed by atoms with Crippen molar-refractivity contribution >= 4 is 5.97 Å². The highest BCUT2D eigenvalue weighted by Gasteiger charge is 2.23. The van der Waals surface area contributed by atoms with Crippen LogP contribution in [-0.4, -0.2) is 12.6 Å². The van der Waals surface area contributed by atoms with Gasteiger partial charge in [0.15, 0.2) is 0 Å². The molecule has 0 rings (SSSR count). The largest absolute Gasteiger partial charge is 0.465 e. The van der Waals surface area contributed by atoms with Crippen molar-refractivity contribution in [2.24, 2.45) is 16.7 Å². The zero-order chi connectivity index (χ0) is 13.0. The summed E-state index contributed by atoms with van der Waals surface area (Å²) in [6, 6.07) is 0. The summed E-state index contributed by atoms with van der Waals surface area (Å²) in [5.74, 6) is 0.503. The van der Waals surface area contributed by atoms with E-state index in [1.165, 1.54) is 6.42 Å². The van der Waals surface area contributed by atoms with Crippen molar-refractivity contribution in [3.05, 3.63) is 0 Å². The maximum atomic E-state index is 11.5. The van der Waals surface area contributed by atoms with Gasteiger partial charge in [0.2, 0.25) is 0 Å². The molecule has 0 radical (unpaired) electrons. The summed E-state index contributed by atoms with van der Waals surface area (Å²) in [5, 5.41) is 0. The second-order valence-corrected chi connectivity index (χ2v) is 7.04. The van der Waals surface area contributed by atoms with Crippen LogP contribution < -0.4 is 0 Å². The predicted octanol–water partition coefficient (Wildman–Crippen LogP) is 4.04. The lowest BCUT2D eigenvalue weighted by Gasteiger charge is -2.23. The van der Waals surface area contributed by atoms with Crippen molar-refractivity contribution < 1.29 is 9.53 Å². The van der Waals surface area contributed by atoms with Gasteiger partial charge in [0, 0.05) is 0 Å². The smallest absolute Gasteiger partial charge is 0.311 e. The summed E-state index contributed by atoms with van der Waals surface area (Å²) in [6.07, 6.45) is 2.12. The molecule has 0 saturated carbocycles. The van der Waals surface area contributed by atoms with Gasteiger partial charge in [-0.15, -0.1) is 0 Å². The molecule has 0 spiro atoms. The molecule has 1 unspecified atom stereocenters. The maximum absolute atomic E-state index is 11.5. The van der Waals surface area contributed by atoms with E-state index in [9.17, 15) is 4.79 Å². The molecule has 0 aromatic heterocycles. The highest BCUT2D eigenvalue weighted by Crippen LogP contribution is 2.26. The third-order valence-corrected chi connectivity index (χ3v) is 2.42. The van der Waals surface area contributed by atoms with Gasteiger partial charge in [0.1, 0.15) is 0 Å². The van der Waals surface area contributed by atoms with Crippen LogP contribution in [0.15, 0.2) is 0 Å². The minimum Gasteiger partial charge on any atom is -0.465 e. The number of carbonyl (C=O) groups excluding carboxylic acids is 1. The zero-order valence-electron chi connectivity index (χ0n) is 12.0. The van der Waals surface area contributed by atoms with E-state index in [4.69, 9.17) is 4.74 Å². The Morgan fingerprint density at radius 3 is 2.00 bits per heavy atom. The second-order valence-electron chi connectivity index (χ2n) is 7.04. The third kappa shape index (κ3) is 7.72. The summed E-state index contributed by atoms with van der Waals surface area (Å²) in [6.45, 7) is 15.1. The summed E-state index contributed by atoms with van der Waals surface area (Å²) >= 11 is 0. The maximum Gasteiger partial charge on any atom is 0.311 e. The van der Waals surface area contributed by atoms with Crippen LogP contribution in [-0.2, 0) is 9.53 Å². The molecule has 0 fully saturated rings. The van der Waals surface area contributed by atoms with Crippen molar-refractivity contribution in [2.45, 2.75) is 61.3 Å². The van der Waals surface area contributed by atoms with Gasteiger partial charge >= 0.3 is 5.97 Å². The molecule has 0 saturated heterocycles. The number of hydrogen-bond donors (Lipinski definition) is 0. The molecule has 16 heavy (non-hydrogen) atoms. The lowest BCUT2D eigenvalue weighted by molar-refractivity contribution is -0.153. The molecule has 0 aromatic carbocycles. The Bertz CT molecular complexity index is 218. The first-order valence-electron chi connectivity index (χ1n) is 6.19. The summed E-state index contributed by atoms with van der Waals surface area (Å²) < 4.78 is 5.25. The van der Waals surface area contributed by atoms with Crippen molar-refractivity contribution in [3.8, 4) is 0 Å². The molecule has 0 aliphatic heterocycles. The zero-order valence-corrected chi connectivity index (χ0v) is 12.0. The van der Waals surface area contributed by atoms with Crippen molar-refractivity contribution in [2.75, 3.05) is 6.61 Å². The molecule has 0 aliphatic carbocycles. The highest BCUT2D eigenvalue weighted by atomic mass is 16.5. The number of esters is 1. The van der Waals surface area contributed by atoms with E-state index in [-0.39, 0.29) is 11.4 Å². The van der Waals surface area contributed by atoms with Crippen molar-refractivity contribution in [3.63, 3.8) is 0 Å². The monoisotopic (exact) mass is 228 g/mol. The Morgan fingerprint density at radius 2 is 1.62 bits per heavy atom. The standard InChI is InChI=1S/C14H28O2/c1-11(10-13(2,3)4)8-9-16-12(15)14(5,6)7/h11H,8-10H2,1-7H3. The number of ether oxygens (including phenoxy) is 1. The lowest BCUT2D eigenvalue weighted by Crippen LogP contribution is -2.24. The molecule has 2 nitrogen and oxygen atoms in total. The molecule has 0 aromatic rings. The first kappa shape index (κ1) is 15.5. The van der Waals surface area contributed by atoms with Crippen LogP contribution in [0.4, 0.5) is 0 Å². The predicted molar refractivity (Wildman–Crippen MR) is 68.3 cm³/mol. The van der Waals surface area contributed by atoms with E-state index in [1.807, 2.05) is 20.8 Å². The fraction of sp³-hybridized carbons (Fsp3) is 0.929. The molecular formula is C14H28O2. The quantitative estimate of drug-likeness (QED) is 0.679. The van der Waals surface area contributed by atoms with Crippen molar-refractivity contribution in [1.82, 2.24) is 0 Å². The van der Waals surface area contributed by atoms with Crippen LogP contribution in [0.25, 0.3) is 0 Å². The minimum atomic E-state index is -0.382. The van der Waals surface area contributed by atoms with E-state index in [1.54, 1.807) is 0 Å². The average Bonchev–Trinajstić information content (AvgIpc) is 1.98. The normalized spacial score (nSPS) is 14.7. The third-order valence-electron chi connectivity index (χ3n) is 2.42. The van der Waals surface area contributed by atoms with Gasteiger partial charge < -0.3 is 4.74 Å². The van der Waals surface area contributed by atoms with Gasteiger partial charge in [-0.3, -0.25) is 4.79 Å². The number of carbonyl (C=O) groups is 1. The van der Waals surface area contributed by atoms with Crippen molar-refractivity contribution in [1.29, 1.82) is 0 Å². The van der Waals surface area contributed by atoms with Gasteiger partial charge in [0.25, 0.3) is 0 Å². The van der Waals surface area contributed by atoms with Crippen LogP contribution in [0.3, 0.4) is 0 Å². The fourth-order valence-corrected chi connectivity index (χ4v) is 1.72. The number of hydrogen-bond acceptors (Lipinski definition) is 2. The van der Waals surface area contributed by atoms with E-state index in [0.717, 1.165) is 6.42 Å². The molecule has 0 aliphatic rings. The van der Waals surface area contributed by atoms with Gasteiger partial charge in [-0.2, -0.15) is 0 Å². The molecule has 0 N–H and O–H groups in total. The molecule has 0 heterocycles. The Balaban J connectivity index is 3.79. The van der Waals surface area contributed by atoms with Crippen LogP contribution in [0.1, 0.15) is 61.3 Å². The second kappa shape index (κ2) is 5.70. The van der Waals surface area contributed by atoms with Crippen LogP contribution in [0, 0.1) is 16.7 Å². The topological polar surface area (TPSA) is 26.3 Å². The Labute approximate surface area is 101 Å². The van der Waals surface area contributed by atoms with Gasteiger partial charge in [0.05, 0.1) is 12.0 Å². The first-order valence-corrected chi connectivity index (χ1v) is 6.19. The van der Waals surface area contributed by atoms with Crippen LogP contribution in [0.5, 0.6) is 0 Å². The van der Waals surface area contributed by atoms with Gasteiger partial charge in [-0.05, 0) is 44.9 Å². The van der Waals surface area contributed by atoms with E-state index in [0.29, 0.717) is 17.9 Å². The van der Waals surface area contributed by atoms with E-state index < -0.39 is 0 Å². The number of rotatable bonds is 4. The Morgan fingerprint density at radius 1 is 1.12 bits per heavy atom. The molecule has 1 atom stereocenters. The van der Waals surface area contributed by atoms with Gasteiger partial charge in [-0.1, -0.05) is 27.7 Å².